The predicted molar refractivity (Wildman–Crippen MR) is 100 cm³/mol. The van der Waals surface area contributed by atoms with Crippen LogP contribution in [-0.4, -0.2) is 57.6 Å². The SMILES string of the molecule is C=C1CN(C(=O)c2cccc(Cl)c2C)CCN1C(=NC)c1ncns1. The predicted octanol–water partition coefficient (Wildman–Crippen LogP) is 2.85. The molecule has 1 aromatic heterocycles. The van der Waals surface area contributed by atoms with Gasteiger partial charge in [0, 0.05) is 36.4 Å². The molecular weight excluding hydrogens is 358 g/mol. The first-order chi connectivity index (χ1) is 12.0. The highest BCUT2D eigenvalue weighted by Crippen LogP contribution is 2.23. The van der Waals surface area contributed by atoms with E-state index in [0.717, 1.165) is 22.1 Å². The molecule has 1 aliphatic heterocycles. The van der Waals surface area contributed by atoms with Gasteiger partial charge in [-0.1, -0.05) is 24.2 Å². The van der Waals surface area contributed by atoms with Gasteiger partial charge in [-0.25, -0.2) is 4.98 Å². The molecule has 1 aliphatic rings. The van der Waals surface area contributed by atoms with Crippen molar-refractivity contribution in [2.24, 2.45) is 4.99 Å². The molecule has 130 valence electrons. The summed E-state index contributed by atoms with van der Waals surface area (Å²) >= 11 is 7.43. The van der Waals surface area contributed by atoms with Crippen LogP contribution in [0, 0.1) is 6.92 Å². The Morgan fingerprint density at radius 2 is 2.20 bits per heavy atom. The van der Waals surface area contributed by atoms with Crippen LogP contribution in [0.25, 0.3) is 0 Å². The van der Waals surface area contributed by atoms with Crippen molar-refractivity contribution in [1.82, 2.24) is 19.2 Å². The molecule has 0 saturated carbocycles. The van der Waals surface area contributed by atoms with Gasteiger partial charge in [0.15, 0.2) is 10.8 Å². The van der Waals surface area contributed by atoms with Gasteiger partial charge in [-0.3, -0.25) is 9.79 Å². The fourth-order valence-corrected chi connectivity index (χ4v) is 3.55. The van der Waals surface area contributed by atoms with Crippen LogP contribution in [0.4, 0.5) is 0 Å². The molecule has 0 bridgehead atoms. The van der Waals surface area contributed by atoms with Crippen LogP contribution in [0.2, 0.25) is 5.02 Å². The summed E-state index contributed by atoms with van der Waals surface area (Å²) in [5.41, 5.74) is 2.23. The van der Waals surface area contributed by atoms with E-state index >= 15 is 0 Å². The number of hydrogen-bond acceptors (Lipinski definition) is 5. The molecule has 1 aromatic carbocycles. The maximum Gasteiger partial charge on any atom is 0.254 e. The normalized spacial score (nSPS) is 15.6. The number of carbonyl (C=O) groups excluding carboxylic acids is 1. The molecule has 25 heavy (non-hydrogen) atoms. The zero-order valence-corrected chi connectivity index (χ0v) is 15.6. The van der Waals surface area contributed by atoms with Crippen molar-refractivity contribution in [2.45, 2.75) is 6.92 Å². The summed E-state index contributed by atoms with van der Waals surface area (Å²) in [4.78, 5) is 25.2. The van der Waals surface area contributed by atoms with Gasteiger partial charge in [0.25, 0.3) is 5.91 Å². The van der Waals surface area contributed by atoms with E-state index in [1.54, 1.807) is 30.1 Å². The molecule has 1 fully saturated rings. The minimum absolute atomic E-state index is 0.0355. The number of hydrogen-bond donors (Lipinski definition) is 0. The molecule has 0 unspecified atom stereocenters. The summed E-state index contributed by atoms with van der Waals surface area (Å²) < 4.78 is 4.03. The standard InChI is InChI=1S/C17H18ClN5OS/c1-11-9-22(17(24)13-5-4-6-14(18)12(13)2)7-8-23(11)15(19-3)16-20-10-21-25-16/h4-6,10H,1,7-9H2,2-3H3. The Hall–Kier alpha value is -2.25. The highest BCUT2D eigenvalue weighted by atomic mass is 35.5. The lowest BCUT2D eigenvalue weighted by Crippen LogP contribution is -2.49. The van der Waals surface area contributed by atoms with Crippen molar-refractivity contribution in [1.29, 1.82) is 0 Å². The first-order valence-electron chi connectivity index (χ1n) is 7.76. The lowest BCUT2D eigenvalue weighted by molar-refractivity contribution is 0.0727. The van der Waals surface area contributed by atoms with Crippen molar-refractivity contribution in [3.8, 4) is 0 Å². The van der Waals surface area contributed by atoms with E-state index in [4.69, 9.17) is 11.6 Å². The third kappa shape index (κ3) is 3.43. The maximum atomic E-state index is 12.9. The molecule has 0 spiro atoms. The first-order valence-corrected chi connectivity index (χ1v) is 8.91. The Bertz CT molecular complexity index is 834. The lowest BCUT2D eigenvalue weighted by Gasteiger charge is -2.37. The largest absolute Gasteiger partial charge is 0.331 e. The fraction of sp³-hybridized carbons (Fsp3) is 0.294. The van der Waals surface area contributed by atoms with Crippen LogP contribution >= 0.6 is 23.1 Å². The van der Waals surface area contributed by atoms with Crippen LogP contribution in [-0.2, 0) is 0 Å². The summed E-state index contributed by atoms with van der Waals surface area (Å²) in [6.07, 6.45) is 1.51. The number of piperazine rings is 1. The smallest absolute Gasteiger partial charge is 0.254 e. The molecule has 0 N–H and O–H groups in total. The van der Waals surface area contributed by atoms with Gasteiger partial charge >= 0.3 is 0 Å². The van der Waals surface area contributed by atoms with Crippen LogP contribution in [0.3, 0.4) is 0 Å². The molecule has 0 radical (unpaired) electrons. The average Bonchev–Trinajstić information content (AvgIpc) is 3.13. The molecule has 2 aromatic rings. The summed E-state index contributed by atoms with van der Waals surface area (Å²) in [6, 6.07) is 5.39. The van der Waals surface area contributed by atoms with Gasteiger partial charge in [0.05, 0.1) is 6.54 Å². The van der Waals surface area contributed by atoms with Crippen LogP contribution in [0.5, 0.6) is 0 Å². The lowest BCUT2D eigenvalue weighted by atomic mass is 10.1. The van der Waals surface area contributed by atoms with Crippen LogP contribution in [0.1, 0.15) is 20.9 Å². The van der Waals surface area contributed by atoms with E-state index in [9.17, 15) is 4.79 Å². The molecule has 8 heteroatoms. The number of carbonyl (C=O) groups is 1. The Morgan fingerprint density at radius 3 is 2.84 bits per heavy atom. The third-order valence-corrected chi connectivity index (χ3v) is 5.22. The number of amides is 1. The van der Waals surface area contributed by atoms with E-state index < -0.39 is 0 Å². The highest BCUT2D eigenvalue weighted by Gasteiger charge is 2.28. The van der Waals surface area contributed by atoms with Crippen molar-refractivity contribution >= 4 is 34.9 Å². The Balaban J connectivity index is 1.77. The van der Waals surface area contributed by atoms with Crippen molar-refractivity contribution < 1.29 is 4.79 Å². The topological polar surface area (TPSA) is 61.7 Å². The van der Waals surface area contributed by atoms with E-state index in [2.05, 4.69) is 20.9 Å². The molecule has 3 rings (SSSR count). The van der Waals surface area contributed by atoms with E-state index in [1.165, 1.54) is 17.9 Å². The quantitative estimate of drug-likeness (QED) is 0.598. The van der Waals surface area contributed by atoms with Crippen LogP contribution in [0.15, 0.2) is 41.8 Å². The Labute approximate surface area is 155 Å². The molecule has 6 nitrogen and oxygen atoms in total. The zero-order chi connectivity index (χ0) is 18.0. The van der Waals surface area contributed by atoms with E-state index in [1.807, 2.05) is 11.8 Å². The molecule has 1 amide bonds. The molecule has 0 atom stereocenters. The number of aliphatic imine (C=N–C) groups is 1. The number of aromatic nitrogens is 2. The number of amidine groups is 1. The monoisotopic (exact) mass is 375 g/mol. The second-order valence-corrected chi connectivity index (χ2v) is 6.84. The van der Waals surface area contributed by atoms with Gasteiger partial charge in [0.2, 0.25) is 0 Å². The summed E-state index contributed by atoms with van der Waals surface area (Å²) in [6.45, 7) is 7.59. The van der Waals surface area contributed by atoms with Crippen molar-refractivity contribution in [3.63, 3.8) is 0 Å². The van der Waals surface area contributed by atoms with Gasteiger partial charge < -0.3 is 9.80 Å². The number of halogens is 1. The highest BCUT2D eigenvalue weighted by molar-refractivity contribution is 7.07. The summed E-state index contributed by atoms with van der Waals surface area (Å²) in [5, 5.41) is 1.34. The minimum atomic E-state index is -0.0355. The molecule has 0 aliphatic carbocycles. The summed E-state index contributed by atoms with van der Waals surface area (Å²) in [7, 11) is 1.72. The minimum Gasteiger partial charge on any atom is -0.331 e. The van der Waals surface area contributed by atoms with Gasteiger partial charge in [-0.2, -0.15) is 4.37 Å². The van der Waals surface area contributed by atoms with Crippen molar-refractivity contribution in [3.05, 3.63) is 58.0 Å². The second kappa shape index (κ2) is 7.33. The first kappa shape index (κ1) is 17.6. The van der Waals surface area contributed by atoms with Crippen molar-refractivity contribution in [2.75, 3.05) is 26.7 Å². The number of benzene rings is 1. The Kier molecular flexibility index (Phi) is 5.15. The number of rotatable bonds is 2. The molecular formula is C17H18ClN5OS. The maximum absolute atomic E-state index is 12.9. The van der Waals surface area contributed by atoms with Gasteiger partial charge in [-0.05, 0) is 36.2 Å². The fourth-order valence-electron chi connectivity index (χ4n) is 2.81. The van der Waals surface area contributed by atoms with Crippen LogP contribution < -0.4 is 0 Å². The number of nitrogens with zero attached hydrogens (tertiary/aromatic N) is 5. The Morgan fingerprint density at radius 1 is 1.40 bits per heavy atom. The third-order valence-electron chi connectivity index (χ3n) is 4.15. The molecule has 2 heterocycles. The molecule has 1 saturated heterocycles. The summed E-state index contributed by atoms with van der Waals surface area (Å²) in [5.74, 6) is 0.699. The zero-order valence-electron chi connectivity index (χ0n) is 14.1. The van der Waals surface area contributed by atoms with Gasteiger partial charge in [0.1, 0.15) is 6.33 Å². The van der Waals surface area contributed by atoms with E-state index in [0.29, 0.717) is 30.2 Å². The second-order valence-electron chi connectivity index (χ2n) is 5.65. The van der Waals surface area contributed by atoms with Gasteiger partial charge in [-0.15, -0.1) is 0 Å². The average molecular weight is 376 g/mol. The van der Waals surface area contributed by atoms with E-state index in [-0.39, 0.29) is 5.91 Å².